The maximum absolute atomic E-state index is 12.1. The monoisotopic (exact) mass is 230 g/mol. The van der Waals surface area contributed by atoms with Crippen molar-refractivity contribution in [2.75, 3.05) is 13.1 Å². The number of hydrogen-bond donors (Lipinski definition) is 2. The number of carbonyl (C=O) groups excluding carboxylic acids is 1. The third-order valence-corrected chi connectivity index (χ3v) is 2.47. The van der Waals surface area contributed by atoms with Crippen LogP contribution in [0.3, 0.4) is 0 Å². The fraction of sp³-hybridized carbons (Fsp3) is 0.917. The van der Waals surface area contributed by atoms with E-state index in [1.165, 1.54) is 0 Å². The van der Waals surface area contributed by atoms with E-state index in [2.05, 4.69) is 0 Å². The average Bonchev–Trinajstić information content (AvgIpc) is 2.08. The molecule has 1 atom stereocenters. The largest absolute Gasteiger partial charge is 0.389 e. The van der Waals surface area contributed by atoms with Gasteiger partial charge >= 0.3 is 0 Å². The second-order valence-corrected chi connectivity index (χ2v) is 6.01. The molecule has 0 aromatic rings. The van der Waals surface area contributed by atoms with E-state index in [0.29, 0.717) is 13.1 Å². The van der Waals surface area contributed by atoms with E-state index < -0.39 is 11.6 Å². The third kappa shape index (κ3) is 4.94. The molecule has 0 aromatic heterocycles. The molecular formula is C12H26N2O2. The van der Waals surface area contributed by atoms with Crippen LogP contribution in [0.4, 0.5) is 0 Å². The van der Waals surface area contributed by atoms with Crippen LogP contribution in [0, 0.1) is 5.41 Å². The fourth-order valence-electron chi connectivity index (χ4n) is 1.38. The first-order chi connectivity index (χ1) is 6.99. The maximum Gasteiger partial charge on any atom is 0.240 e. The van der Waals surface area contributed by atoms with Gasteiger partial charge in [0.2, 0.25) is 5.91 Å². The molecule has 0 aliphatic rings. The quantitative estimate of drug-likeness (QED) is 0.756. The Morgan fingerprint density at radius 3 is 2.00 bits per heavy atom. The highest BCUT2D eigenvalue weighted by molar-refractivity contribution is 5.82. The van der Waals surface area contributed by atoms with Crippen molar-refractivity contribution in [3.8, 4) is 0 Å². The summed E-state index contributed by atoms with van der Waals surface area (Å²) < 4.78 is 0. The molecule has 0 heterocycles. The lowest BCUT2D eigenvalue weighted by Gasteiger charge is -2.34. The molecule has 0 aliphatic carbocycles. The predicted molar refractivity (Wildman–Crippen MR) is 66.0 cm³/mol. The van der Waals surface area contributed by atoms with Crippen molar-refractivity contribution in [2.24, 2.45) is 11.1 Å². The van der Waals surface area contributed by atoms with Gasteiger partial charge in [0.25, 0.3) is 0 Å². The lowest BCUT2D eigenvalue weighted by atomic mass is 9.86. The van der Waals surface area contributed by atoms with Crippen LogP contribution in [-0.2, 0) is 4.79 Å². The zero-order valence-corrected chi connectivity index (χ0v) is 11.4. The summed E-state index contributed by atoms with van der Waals surface area (Å²) in [5.41, 5.74) is 4.77. The molecule has 3 N–H and O–H groups in total. The van der Waals surface area contributed by atoms with Gasteiger partial charge in [-0.2, -0.15) is 0 Å². The molecular weight excluding hydrogens is 204 g/mol. The van der Waals surface area contributed by atoms with Crippen LogP contribution in [0.2, 0.25) is 0 Å². The second kappa shape index (κ2) is 5.15. The summed E-state index contributed by atoms with van der Waals surface area (Å²) in [6, 6.07) is -0.533. The number of likely N-dealkylation sites (N-methyl/N-ethyl adjacent to an activating group) is 1. The van der Waals surface area contributed by atoms with E-state index in [4.69, 9.17) is 5.73 Å². The number of amides is 1. The predicted octanol–water partition coefficient (Wildman–Crippen LogP) is 0.979. The number of rotatable bonds is 4. The van der Waals surface area contributed by atoms with Gasteiger partial charge in [0, 0.05) is 13.1 Å². The minimum absolute atomic E-state index is 0.0999. The highest BCUT2D eigenvalue weighted by Gasteiger charge is 2.32. The summed E-state index contributed by atoms with van der Waals surface area (Å²) in [5, 5.41) is 9.72. The summed E-state index contributed by atoms with van der Waals surface area (Å²) in [5.74, 6) is -0.0999. The van der Waals surface area contributed by atoms with Crippen molar-refractivity contribution in [2.45, 2.75) is 53.2 Å². The van der Waals surface area contributed by atoms with Gasteiger partial charge in [-0.25, -0.2) is 0 Å². The number of nitrogens with two attached hydrogens (primary N) is 1. The van der Waals surface area contributed by atoms with Crippen molar-refractivity contribution in [1.29, 1.82) is 0 Å². The minimum Gasteiger partial charge on any atom is -0.389 e. The van der Waals surface area contributed by atoms with E-state index >= 15 is 0 Å². The van der Waals surface area contributed by atoms with E-state index in [9.17, 15) is 9.90 Å². The van der Waals surface area contributed by atoms with Gasteiger partial charge < -0.3 is 15.7 Å². The lowest BCUT2D eigenvalue weighted by Crippen LogP contribution is -2.53. The first-order valence-corrected chi connectivity index (χ1v) is 5.76. The Morgan fingerprint density at radius 1 is 1.31 bits per heavy atom. The molecule has 0 fully saturated rings. The van der Waals surface area contributed by atoms with Gasteiger partial charge in [-0.05, 0) is 26.2 Å². The van der Waals surface area contributed by atoms with Gasteiger partial charge in [0.15, 0.2) is 0 Å². The molecule has 96 valence electrons. The number of hydrogen-bond acceptors (Lipinski definition) is 3. The number of aliphatic hydroxyl groups is 1. The van der Waals surface area contributed by atoms with E-state index in [0.717, 1.165) is 0 Å². The van der Waals surface area contributed by atoms with E-state index in [1.807, 2.05) is 27.7 Å². The van der Waals surface area contributed by atoms with Gasteiger partial charge in [-0.1, -0.05) is 20.8 Å². The first kappa shape index (κ1) is 15.4. The molecule has 1 amide bonds. The van der Waals surface area contributed by atoms with Crippen LogP contribution < -0.4 is 5.73 Å². The summed E-state index contributed by atoms with van der Waals surface area (Å²) in [7, 11) is 0. The fourth-order valence-corrected chi connectivity index (χ4v) is 1.38. The molecule has 0 aromatic carbocycles. The molecule has 4 nitrogen and oxygen atoms in total. The summed E-state index contributed by atoms with van der Waals surface area (Å²) in [4.78, 5) is 13.7. The molecule has 0 bridgehead atoms. The Kier molecular flexibility index (Phi) is 4.95. The maximum atomic E-state index is 12.1. The second-order valence-electron chi connectivity index (χ2n) is 6.01. The molecule has 0 rings (SSSR count). The standard InChI is InChI=1S/C12H26N2O2/c1-7-14(8-12(5,6)16)10(15)9(13)11(2,3)4/h9,16H,7-8,13H2,1-6H3. The Labute approximate surface area is 98.8 Å². The summed E-state index contributed by atoms with van der Waals surface area (Å²) in [6.07, 6.45) is 0. The first-order valence-electron chi connectivity index (χ1n) is 5.76. The number of carbonyl (C=O) groups is 1. The molecule has 4 heteroatoms. The van der Waals surface area contributed by atoms with Crippen LogP contribution in [0.1, 0.15) is 41.5 Å². The van der Waals surface area contributed by atoms with Gasteiger partial charge in [0.1, 0.15) is 0 Å². The van der Waals surface area contributed by atoms with Crippen molar-refractivity contribution < 1.29 is 9.90 Å². The molecule has 0 radical (unpaired) electrons. The zero-order chi connectivity index (χ0) is 13.1. The highest BCUT2D eigenvalue weighted by atomic mass is 16.3. The van der Waals surface area contributed by atoms with E-state index in [1.54, 1.807) is 18.7 Å². The van der Waals surface area contributed by atoms with E-state index in [-0.39, 0.29) is 11.3 Å². The van der Waals surface area contributed by atoms with Crippen molar-refractivity contribution in [1.82, 2.24) is 4.90 Å². The van der Waals surface area contributed by atoms with Crippen LogP contribution in [0.5, 0.6) is 0 Å². The van der Waals surface area contributed by atoms with Gasteiger partial charge in [-0.15, -0.1) is 0 Å². The Balaban J connectivity index is 4.67. The topological polar surface area (TPSA) is 66.6 Å². The number of nitrogens with zero attached hydrogens (tertiary/aromatic N) is 1. The Bertz CT molecular complexity index is 238. The third-order valence-electron chi connectivity index (χ3n) is 2.47. The molecule has 0 aliphatic heterocycles. The molecule has 1 unspecified atom stereocenters. The van der Waals surface area contributed by atoms with Crippen molar-refractivity contribution in [3.63, 3.8) is 0 Å². The lowest BCUT2D eigenvalue weighted by molar-refractivity contribution is -0.137. The van der Waals surface area contributed by atoms with Crippen LogP contribution in [-0.4, -0.2) is 40.6 Å². The molecule has 16 heavy (non-hydrogen) atoms. The molecule has 0 saturated heterocycles. The molecule has 0 spiro atoms. The average molecular weight is 230 g/mol. The van der Waals surface area contributed by atoms with Crippen LogP contribution >= 0.6 is 0 Å². The normalized spacial score (nSPS) is 14.8. The smallest absolute Gasteiger partial charge is 0.240 e. The summed E-state index contributed by atoms with van der Waals surface area (Å²) >= 11 is 0. The van der Waals surface area contributed by atoms with Crippen molar-refractivity contribution in [3.05, 3.63) is 0 Å². The minimum atomic E-state index is -0.886. The van der Waals surface area contributed by atoms with Crippen molar-refractivity contribution >= 4 is 5.91 Å². The Hall–Kier alpha value is -0.610. The van der Waals surface area contributed by atoms with Gasteiger partial charge in [-0.3, -0.25) is 4.79 Å². The van der Waals surface area contributed by atoms with Crippen LogP contribution in [0.15, 0.2) is 0 Å². The summed E-state index contributed by atoms with van der Waals surface area (Å²) in [6.45, 7) is 11.9. The Morgan fingerprint density at radius 2 is 1.75 bits per heavy atom. The zero-order valence-electron chi connectivity index (χ0n) is 11.4. The van der Waals surface area contributed by atoms with Crippen LogP contribution in [0.25, 0.3) is 0 Å². The SMILES string of the molecule is CCN(CC(C)(C)O)C(=O)C(N)C(C)(C)C. The van der Waals surface area contributed by atoms with Gasteiger partial charge in [0.05, 0.1) is 11.6 Å². The highest BCUT2D eigenvalue weighted by Crippen LogP contribution is 2.19. The molecule has 0 saturated carbocycles.